The number of carbonyl (C=O) groups is 1. The molecule has 0 spiro atoms. The molecule has 0 bridgehead atoms. The Morgan fingerprint density at radius 2 is 2.07 bits per heavy atom. The molecule has 0 radical (unpaired) electrons. The van der Waals surface area contributed by atoms with Gasteiger partial charge < -0.3 is 14.6 Å². The molecule has 1 aliphatic rings. The van der Waals surface area contributed by atoms with Crippen molar-refractivity contribution in [1.29, 1.82) is 0 Å². The molecular formula is C22H24N4O3. The predicted octanol–water partition coefficient (Wildman–Crippen LogP) is 2.75. The van der Waals surface area contributed by atoms with Crippen LogP contribution in [-0.2, 0) is 22.4 Å². The fourth-order valence-corrected chi connectivity index (χ4v) is 3.54. The lowest BCUT2D eigenvalue weighted by molar-refractivity contribution is -0.122. The van der Waals surface area contributed by atoms with Gasteiger partial charge in [0.05, 0.1) is 19.3 Å². The average molecular weight is 392 g/mol. The summed E-state index contributed by atoms with van der Waals surface area (Å²) in [6.45, 7) is 3.21. The van der Waals surface area contributed by atoms with Gasteiger partial charge in [-0.15, -0.1) is 0 Å². The fourth-order valence-electron chi connectivity index (χ4n) is 3.54. The first kappa shape index (κ1) is 19.3. The van der Waals surface area contributed by atoms with Crippen molar-refractivity contribution in [2.75, 3.05) is 13.2 Å². The number of nitrogens with zero attached hydrogens (tertiary/aromatic N) is 3. The van der Waals surface area contributed by atoms with Crippen LogP contribution < -0.4 is 5.32 Å². The number of hydrogen-bond donors (Lipinski definition) is 1. The second-order valence-corrected chi connectivity index (χ2v) is 7.41. The van der Waals surface area contributed by atoms with Crippen LogP contribution in [0.5, 0.6) is 0 Å². The molecule has 7 nitrogen and oxygen atoms in total. The molecule has 29 heavy (non-hydrogen) atoms. The van der Waals surface area contributed by atoms with E-state index in [2.05, 4.69) is 20.4 Å². The van der Waals surface area contributed by atoms with E-state index in [9.17, 15) is 4.79 Å². The second-order valence-electron chi connectivity index (χ2n) is 7.41. The Balaban J connectivity index is 1.29. The summed E-state index contributed by atoms with van der Waals surface area (Å²) in [4.78, 5) is 20.9. The third-order valence-corrected chi connectivity index (χ3v) is 5.10. The highest BCUT2D eigenvalue weighted by molar-refractivity contribution is 5.76. The fraction of sp³-hybridized carbons (Fsp3) is 0.364. The van der Waals surface area contributed by atoms with Crippen LogP contribution in [0.4, 0.5) is 0 Å². The van der Waals surface area contributed by atoms with Gasteiger partial charge in [0.25, 0.3) is 0 Å². The van der Waals surface area contributed by atoms with Gasteiger partial charge in [0.1, 0.15) is 0 Å². The number of aryl methyl sites for hydroxylation is 2. The smallest absolute Gasteiger partial charge is 0.227 e. The number of carbonyl (C=O) groups excluding carboxylic acids is 1. The zero-order chi connectivity index (χ0) is 20.1. The van der Waals surface area contributed by atoms with Gasteiger partial charge >= 0.3 is 0 Å². The van der Waals surface area contributed by atoms with Crippen LogP contribution in [0.2, 0.25) is 0 Å². The third kappa shape index (κ3) is 5.06. The predicted molar refractivity (Wildman–Crippen MR) is 107 cm³/mol. The average Bonchev–Trinajstić information content (AvgIpc) is 3.37. The lowest BCUT2D eigenvalue weighted by atomic mass is 9.95. The highest BCUT2D eigenvalue weighted by atomic mass is 16.5. The van der Waals surface area contributed by atoms with E-state index in [1.807, 2.05) is 43.3 Å². The molecule has 1 aromatic carbocycles. The first-order chi connectivity index (χ1) is 14.2. The SMILES string of the molecule is Cc1cccc(-c2noc(CCC(=O)N[C@H]3COC[C@H]3Cc3ccncc3)n2)c1. The van der Waals surface area contributed by atoms with Crippen LogP contribution in [0.25, 0.3) is 11.4 Å². The maximum absolute atomic E-state index is 12.4. The molecule has 3 heterocycles. The molecule has 0 aliphatic carbocycles. The van der Waals surface area contributed by atoms with Gasteiger partial charge in [0.2, 0.25) is 17.6 Å². The van der Waals surface area contributed by atoms with E-state index >= 15 is 0 Å². The van der Waals surface area contributed by atoms with E-state index in [0.717, 1.165) is 17.5 Å². The van der Waals surface area contributed by atoms with Gasteiger partial charge in [-0.05, 0) is 37.1 Å². The van der Waals surface area contributed by atoms with E-state index in [4.69, 9.17) is 9.26 Å². The Morgan fingerprint density at radius 1 is 1.21 bits per heavy atom. The molecule has 0 saturated carbocycles. The summed E-state index contributed by atoms with van der Waals surface area (Å²) in [5.74, 6) is 1.24. The van der Waals surface area contributed by atoms with Crippen molar-refractivity contribution in [3.63, 3.8) is 0 Å². The summed E-state index contributed by atoms with van der Waals surface area (Å²) < 4.78 is 10.9. The van der Waals surface area contributed by atoms with Crippen LogP contribution in [0, 0.1) is 12.8 Å². The molecule has 1 fully saturated rings. The molecule has 1 N–H and O–H groups in total. The van der Waals surface area contributed by atoms with E-state index < -0.39 is 0 Å². The highest BCUT2D eigenvalue weighted by Gasteiger charge is 2.29. The van der Waals surface area contributed by atoms with Gasteiger partial charge in [-0.3, -0.25) is 9.78 Å². The minimum absolute atomic E-state index is 0.0150. The first-order valence-corrected chi connectivity index (χ1v) is 9.83. The number of nitrogens with one attached hydrogen (secondary N) is 1. The third-order valence-electron chi connectivity index (χ3n) is 5.10. The van der Waals surface area contributed by atoms with Gasteiger partial charge in [-0.25, -0.2) is 0 Å². The Kier molecular flexibility index (Phi) is 5.95. The zero-order valence-electron chi connectivity index (χ0n) is 16.4. The Labute approximate surface area is 169 Å². The van der Waals surface area contributed by atoms with Gasteiger partial charge in [-0.2, -0.15) is 4.98 Å². The number of aromatic nitrogens is 3. The van der Waals surface area contributed by atoms with Crippen molar-refractivity contribution in [1.82, 2.24) is 20.4 Å². The highest BCUT2D eigenvalue weighted by Crippen LogP contribution is 2.20. The maximum atomic E-state index is 12.4. The second kappa shape index (κ2) is 8.96. The van der Waals surface area contributed by atoms with Crippen molar-refractivity contribution in [3.8, 4) is 11.4 Å². The van der Waals surface area contributed by atoms with Crippen LogP contribution in [-0.4, -0.2) is 40.3 Å². The molecule has 4 rings (SSSR count). The van der Waals surface area contributed by atoms with Crippen LogP contribution in [0.15, 0.2) is 53.3 Å². The molecule has 0 unspecified atom stereocenters. The monoisotopic (exact) mass is 392 g/mol. The number of ether oxygens (including phenoxy) is 1. The van der Waals surface area contributed by atoms with Crippen molar-refractivity contribution >= 4 is 5.91 Å². The first-order valence-electron chi connectivity index (χ1n) is 9.83. The quantitative estimate of drug-likeness (QED) is 0.665. The summed E-state index contributed by atoms with van der Waals surface area (Å²) in [6.07, 6.45) is 5.14. The Morgan fingerprint density at radius 3 is 2.90 bits per heavy atom. The molecule has 3 aromatic rings. The Hall–Kier alpha value is -3.06. The number of rotatable bonds is 7. The van der Waals surface area contributed by atoms with E-state index in [0.29, 0.717) is 37.8 Å². The lowest BCUT2D eigenvalue weighted by Gasteiger charge is -2.19. The van der Waals surface area contributed by atoms with Crippen molar-refractivity contribution < 1.29 is 14.1 Å². The zero-order valence-corrected chi connectivity index (χ0v) is 16.4. The van der Waals surface area contributed by atoms with E-state index in [-0.39, 0.29) is 17.9 Å². The number of pyridine rings is 1. The summed E-state index contributed by atoms with van der Waals surface area (Å²) in [6, 6.07) is 11.9. The van der Waals surface area contributed by atoms with Crippen LogP contribution >= 0.6 is 0 Å². The normalized spacial score (nSPS) is 18.7. The minimum Gasteiger partial charge on any atom is -0.379 e. The van der Waals surface area contributed by atoms with E-state index in [1.54, 1.807) is 12.4 Å². The number of hydrogen-bond acceptors (Lipinski definition) is 6. The van der Waals surface area contributed by atoms with Crippen molar-refractivity contribution in [3.05, 3.63) is 65.8 Å². The molecule has 1 aliphatic heterocycles. The Bertz CT molecular complexity index is 957. The summed E-state index contributed by atoms with van der Waals surface area (Å²) >= 11 is 0. The van der Waals surface area contributed by atoms with Crippen molar-refractivity contribution in [2.45, 2.75) is 32.2 Å². The molecule has 2 aromatic heterocycles. The summed E-state index contributed by atoms with van der Waals surface area (Å²) in [5, 5.41) is 7.12. The lowest BCUT2D eigenvalue weighted by Crippen LogP contribution is -2.40. The molecule has 1 amide bonds. The molecule has 1 saturated heterocycles. The van der Waals surface area contributed by atoms with Gasteiger partial charge in [0.15, 0.2) is 0 Å². The maximum Gasteiger partial charge on any atom is 0.227 e. The number of benzene rings is 1. The van der Waals surface area contributed by atoms with E-state index in [1.165, 1.54) is 5.56 Å². The topological polar surface area (TPSA) is 90.1 Å². The minimum atomic E-state index is -0.0319. The summed E-state index contributed by atoms with van der Waals surface area (Å²) in [5.41, 5.74) is 3.24. The summed E-state index contributed by atoms with van der Waals surface area (Å²) in [7, 11) is 0. The van der Waals surface area contributed by atoms with Gasteiger partial charge in [-0.1, -0.05) is 28.9 Å². The molecule has 2 atom stereocenters. The largest absolute Gasteiger partial charge is 0.379 e. The standard InChI is InChI=1S/C22H24N4O3/c1-15-3-2-4-17(11-15)22-25-21(29-26-22)6-5-20(27)24-19-14-28-13-18(19)12-16-7-9-23-10-8-16/h2-4,7-11,18-19H,5-6,12-14H2,1H3,(H,24,27)/t18-,19+/m1/s1. The van der Waals surface area contributed by atoms with Gasteiger partial charge in [0, 0.05) is 36.7 Å². The number of amides is 1. The van der Waals surface area contributed by atoms with Crippen LogP contribution in [0.1, 0.15) is 23.4 Å². The molecule has 7 heteroatoms. The molecular weight excluding hydrogens is 368 g/mol. The van der Waals surface area contributed by atoms with Crippen molar-refractivity contribution in [2.24, 2.45) is 5.92 Å². The molecule has 150 valence electrons. The van der Waals surface area contributed by atoms with Crippen LogP contribution in [0.3, 0.4) is 0 Å².